The van der Waals surface area contributed by atoms with Gasteiger partial charge in [-0.15, -0.1) is 0 Å². The van der Waals surface area contributed by atoms with E-state index in [1.165, 1.54) is 12.1 Å². The largest absolute Gasteiger partial charge is 0.319 e. The normalized spacial score (nSPS) is 11.0. The van der Waals surface area contributed by atoms with Gasteiger partial charge >= 0.3 is 0 Å². The number of pyridine rings is 1. The lowest BCUT2D eigenvalue weighted by molar-refractivity contribution is 0.102. The average molecular weight is 395 g/mol. The summed E-state index contributed by atoms with van der Waals surface area (Å²) in [7, 11) is 1.77. The van der Waals surface area contributed by atoms with Crippen LogP contribution in [-0.2, 0) is 7.05 Å². The molecule has 2 aromatic carbocycles. The van der Waals surface area contributed by atoms with Crippen molar-refractivity contribution in [2.24, 2.45) is 7.05 Å². The molecule has 0 aliphatic rings. The Hall–Kier alpha value is -3.25. The van der Waals surface area contributed by atoms with Crippen LogP contribution in [0.1, 0.15) is 16.1 Å². The molecule has 2 heterocycles. The highest BCUT2D eigenvalue weighted by Gasteiger charge is 2.20. The number of anilines is 1. The van der Waals surface area contributed by atoms with Crippen molar-refractivity contribution in [3.63, 3.8) is 0 Å². The third-order valence-electron chi connectivity index (χ3n) is 4.48. The Labute approximate surface area is 165 Å². The number of hydrogen-bond donors (Lipinski definition) is 1. The van der Waals surface area contributed by atoms with E-state index in [0.29, 0.717) is 28.0 Å². The summed E-state index contributed by atoms with van der Waals surface area (Å²) in [4.78, 5) is 17.7. The molecule has 0 atom stereocenters. The van der Waals surface area contributed by atoms with Crippen LogP contribution < -0.4 is 5.32 Å². The predicted molar refractivity (Wildman–Crippen MR) is 108 cm³/mol. The molecule has 0 aliphatic heterocycles. The number of benzene rings is 2. The maximum atomic E-state index is 14.2. The third kappa shape index (κ3) is 3.12. The maximum absolute atomic E-state index is 14.2. The molecule has 0 fully saturated rings. The Morgan fingerprint density at radius 3 is 2.64 bits per heavy atom. The summed E-state index contributed by atoms with van der Waals surface area (Å²) in [5, 5.41) is 7.57. The van der Waals surface area contributed by atoms with Gasteiger partial charge in [0.15, 0.2) is 11.5 Å². The number of halogens is 2. The molecule has 0 unspecified atom stereocenters. The van der Waals surface area contributed by atoms with E-state index in [1.54, 1.807) is 23.9 Å². The van der Waals surface area contributed by atoms with Gasteiger partial charge in [0.2, 0.25) is 0 Å². The smallest absolute Gasteiger partial charge is 0.256 e. The van der Waals surface area contributed by atoms with Crippen LogP contribution in [0.2, 0.25) is 5.02 Å². The SMILES string of the molecule is Cc1nn(C)c2nc(-c3ccccc3)cc(C(=O)Nc3cccc(Cl)c3F)c12. The first-order valence-corrected chi connectivity index (χ1v) is 8.98. The van der Waals surface area contributed by atoms with Crippen LogP contribution in [0.5, 0.6) is 0 Å². The highest BCUT2D eigenvalue weighted by Crippen LogP contribution is 2.28. The van der Waals surface area contributed by atoms with E-state index in [9.17, 15) is 9.18 Å². The van der Waals surface area contributed by atoms with Crippen LogP contribution in [0.25, 0.3) is 22.3 Å². The topological polar surface area (TPSA) is 59.8 Å². The molecule has 2 aromatic heterocycles. The molecule has 140 valence electrons. The van der Waals surface area contributed by atoms with Crippen LogP contribution in [-0.4, -0.2) is 20.7 Å². The fourth-order valence-electron chi connectivity index (χ4n) is 3.17. The Kier molecular flexibility index (Phi) is 4.57. The lowest BCUT2D eigenvalue weighted by Crippen LogP contribution is -2.14. The van der Waals surface area contributed by atoms with E-state index in [4.69, 9.17) is 11.6 Å². The Bertz CT molecular complexity index is 1200. The second-order valence-electron chi connectivity index (χ2n) is 6.38. The Balaban J connectivity index is 1.87. The molecule has 28 heavy (non-hydrogen) atoms. The second kappa shape index (κ2) is 7.05. The van der Waals surface area contributed by atoms with Gasteiger partial charge in [0.25, 0.3) is 5.91 Å². The minimum absolute atomic E-state index is 0.0188. The van der Waals surface area contributed by atoms with E-state index in [-0.39, 0.29) is 10.7 Å². The second-order valence-corrected chi connectivity index (χ2v) is 6.79. The van der Waals surface area contributed by atoms with E-state index < -0.39 is 11.7 Å². The quantitative estimate of drug-likeness (QED) is 0.532. The predicted octanol–water partition coefficient (Wildman–Crippen LogP) is 4.99. The van der Waals surface area contributed by atoms with Crippen LogP contribution in [0.4, 0.5) is 10.1 Å². The molecule has 0 spiro atoms. The first-order chi connectivity index (χ1) is 13.5. The lowest BCUT2D eigenvalue weighted by Gasteiger charge is -2.10. The number of nitrogens with zero attached hydrogens (tertiary/aromatic N) is 3. The van der Waals surface area contributed by atoms with Gasteiger partial charge < -0.3 is 5.32 Å². The Morgan fingerprint density at radius 2 is 1.89 bits per heavy atom. The summed E-state index contributed by atoms with van der Waals surface area (Å²) in [6.07, 6.45) is 0. The zero-order valence-corrected chi connectivity index (χ0v) is 16.0. The minimum Gasteiger partial charge on any atom is -0.319 e. The van der Waals surface area contributed by atoms with Crippen molar-refractivity contribution in [2.75, 3.05) is 5.32 Å². The van der Waals surface area contributed by atoms with E-state index in [2.05, 4.69) is 15.4 Å². The molecule has 4 rings (SSSR count). The van der Waals surface area contributed by atoms with Crippen LogP contribution in [0.3, 0.4) is 0 Å². The van der Waals surface area contributed by atoms with Crippen molar-refractivity contribution >= 4 is 34.2 Å². The van der Waals surface area contributed by atoms with Crippen LogP contribution >= 0.6 is 11.6 Å². The highest BCUT2D eigenvalue weighted by atomic mass is 35.5. The van der Waals surface area contributed by atoms with Crippen molar-refractivity contribution in [3.8, 4) is 11.3 Å². The molecule has 0 saturated heterocycles. The monoisotopic (exact) mass is 394 g/mol. The van der Waals surface area contributed by atoms with Crippen LogP contribution in [0, 0.1) is 12.7 Å². The summed E-state index contributed by atoms with van der Waals surface area (Å²) < 4.78 is 15.9. The number of amides is 1. The van der Waals surface area contributed by atoms with Crippen molar-refractivity contribution < 1.29 is 9.18 Å². The number of carbonyl (C=O) groups excluding carboxylic acids is 1. The van der Waals surface area contributed by atoms with E-state index in [1.807, 2.05) is 37.3 Å². The number of hydrogen-bond acceptors (Lipinski definition) is 3. The molecule has 0 bridgehead atoms. The molecule has 1 N–H and O–H groups in total. The summed E-state index contributed by atoms with van der Waals surface area (Å²) in [6.45, 7) is 1.81. The van der Waals surface area contributed by atoms with Gasteiger partial charge in [-0.3, -0.25) is 9.48 Å². The number of aryl methyl sites for hydroxylation is 2. The van der Waals surface area contributed by atoms with Crippen LogP contribution in [0.15, 0.2) is 54.6 Å². The van der Waals surface area contributed by atoms with Crippen molar-refractivity contribution in [3.05, 3.63) is 76.7 Å². The number of carbonyl (C=O) groups is 1. The molecular weight excluding hydrogens is 379 g/mol. The highest BCUT2D eigenvalue weighted by molar-refractivity contribution is 6.31. The van der Waals surface area contributed by atoms with Gasteiger partial charge in [-0.05, 0) is 25.1 Å². The van der Waals surface area contributed by atoms with Crippen molar-refractivity contribution in [1.82, 2.24) is 14.8 Å². The van der Waals surface area contributed by atoms with Gasteiger partial charge in [-0.2, -0.15) is 5.10 Å². The Morgan fingerprint density at radius 1 is 1.14 bits per heavy atom. The van der Waals surface area contributed by atoms with Gasteiger partial charge in [0.05, 0.1) is 33.0 Å². The number of nitrogens with one attached hydrogen (secondary N) is 1. The molecule has 4 aromatic rings. The summed E-state index contributed by atoms with van der Waals surface area (Å²) in [5.41, 5.74) is 3.13. The fourth-order valence-corrected chi connectivity index (χ4v) is 3.35. The van der Waals surface area contributed by atoms with Gasteiger partial charge in [-0.1, -0.05) is 48.0 Å². The van der Waals surface area contributed by atoms with Gasteiger partial charge in [0.1, 0.15) is 0 Å². The zero-order chi connectivity index (χ0) is 19.8. The number of aromatic nitrogens is 3. The molecule has 0 radical (unpaired) electrons. The van der Waals surface area contributed by atoms with Crippen molar-refractivity contribution in [1.29, 1.82) is 0 Å². The first kappa shape index (κ1) is 18.1. The summed E-state index contributed by atoms with van der Waals surface area (Å²) in [5.74, 6) is -1.13. The van der Waals surface area contributed by atoms with Gasteiger partial charge in [-0.25, -0.2) is 9.37 Å². The standard InChI is InChI=1S/C21H16ClFN4O/c1-12-18-14(21(28)25-16-10-6-9-15(22)19(16)23)11-17(13-7-4-3-5-8-13)24-20(18)27(2)26-12/h3-11H,1-2H3,(H,25,28). The number of rotatable bonds is 3. The molecule has 0 saturated carbocycles. The number of fused-ring (bicyclic) bond motifs is 1. The summed E-state index contributed by atoms with van der Waals surface area (Å²) in [6, 6.07) is 15.7. The van der Waals surface area contributed by atoms with E-state index in [0.717, 1.165) is 5.56 Å². The molecular formula is C21H16ClFN4O. The van der Waals surface area contributed by atoms with Gasteiger partial charge in [0, 0.05) is 12.6 Å². The third-order valence-corrected chi connectivity index (χ3v) is 4.77. The summed E-state index contributed by atoms with van der Waals surface area (Å²) >= 11 is 5.82. The average Bonchev–Trinajstić information content (AvgIpc) is 2.99. The zero-order valence-electron chi connectivity index (χ0n) is 15.2. The van der Waals surface area contributed by atoms with Crippen molar-refractivity contribution in [2.45, 2.75) is 6.92 Å². The molecule has 1 amide bonds. The first-order valence-electron chi connectivity index (χ1n) is 8.61. The van der Waals surface area contributed by atoms with E-state index >= 15 is 0 Å². The molecule has 0 aliphatic carbocycles. The molecule has 7 heteroatoms. The lowest BCUT2D eigenvalue weighted by atomic mass is 10.0. The fraction of sp³-hybridized carbons (Fsp3) is 0.0952. The minimum atomic E-state index is -0.672. The molecule has 5 nitrogen and oxygen atoms in total. The maximum Gasteiger partial charge on any atom is 0.256 e.